The molecule has 0 spiro atoms. The van der Waals surface area contributed by atoms with E-state index in [0.717, 1.165) is 26.7 Å². The zero-order valence-corrected chi connectivity index (χ0v) is 20.5. The number of rotatable bonds is 7. The van der Waals surface area contributed by atoms with Crippen molar-refractivity contribution in [3.05, 3.63) is 42.0 Å². The topological polar surface area (TPSA) is 89.0 Å². The molecule has 8 nitrogen and oxygen atoms in total. The molecule has 0 bridgehead atoms. The van der Waals surface area contributed by atoms with E-state index in [1.807, 2.05) is 12.1 Å². The molecule has 1 aliphatic heterocycles. The molecule has 2 aromatic carbocycles. The number of aryl methyl sites for hydroxylation is 1. The largest absolute Gasteiger partial charge is 0.497 e. The number of aromatic nitrogens is 1. The lowest BCUT2D eigenvalue weighted by Gasteiger charge is -2.34. The van der Waals surface area contributed by atoms with Crippen LogP contribution in [0, 0.1) is 6.92 Å². The van der Waals surface area contributed by atoms with Crippen LogP contribution in [-0.2, 0) is 14.6 Å². The number of ether oxygens (including phenoxy) is 2. The number of fused-ring (bicyclic) bond motifs is 1. The minimum atomic E-state index is -3.53. The third-order valence-corrected chi connectivity index (χ3v) is 8.80. The van der Waals surface area contributed by atoms with Gasteiger partial charge in [-0.15, -0.1) is 0 Å². The summed E-state index contributed by atoms with van der Waals surface area (Å²) in [7, 11) is -0.366. The van der Waals surface area contributed by atoms with Crippen molar-refractivity contribution in [3.63, 3.8) is 0 Å². The molecule has 3 aromatic rings. The summed E-state index contributed by atoms with van der Waals surface area (Å²) in [5.41, 5.74) is 2.01. The second kappa shape index (κ2) is 9.56. The summed E-state index contributed by atoms with van der Waals surface area (Å²) in [6.07, 6.45) is -0.0358. The fourth-order valence-corrected chi connectivity index (χ4v) is 6.16. The van der Waals surface area contributed by atoms with Gasteiger partial charge in [0.15, 0.2) is 15.0 Å². The van der Waals surface area contributed by atoms with E-state index in [9.17, 15) is 13.2 Å². The molecule has 33 heavy (non-hydrogen) atoms. The summed E-state index contributed by atoms with van der Waals surface area (Å²) < 4.78 is 36.8. The molecule has 1 fully saturated rings. The van der Waals surface area contributed by atoms with E-state index < -0.39 is 9.84 Å². The Morgan fingerprint density at radius 2 is 1.73 bits per heavy atom. The number of piperazine rings is 1. The number of anilines is 1. The summed E-state index contributed by atoms with van der Waals surface area (Å²) >= 11 is 1.63. The lowest BCUT2D eigenvalue weighted by atomic mass is 10.2. The SMILES string of the molecule is COc1ccc(S(=O)(=O)CCC(=O)N2CCN(c3nc4c(OC)ccc(C)c4s3)CC2)cc1. The van der Waals surface area contributed by atoms with Crippen molar-refractivity contribution in [3.8, 4) is 11.5 Å². The molecule has 10 heteroatoms. The average molecular weight is 490 g/mol. The van der Waals surface area contributed by atoms with Crippen LogP contribution in [0.1, 0.15) is 12.0 Å². The number of sulfone groups is 1. The smallest absolute Gasteiger partial charge is 0.223 e. The summed E-state index contributed by atoms with van der Waals surface area (Å²) in [6.45, 7) is 4.43. The maximum absolute atomic E-state index is 12.7. The molecule has 4 rings (SSSR count). The molecular formula is C23H27N3O5S2. The van der Waals surface area contributed by atoms with E-state index >= 15 is 0 Å². The molecule has 0 radical (unpaired) electrons. The van der Waals surface area contributed by atoms with E-state index in [-0.39, 0.29) is 23.0 Å². The van der Waals surface area contributed by atoms with Crippen LogP contribution < -0.4 is 14.4 Å². The summed E-state index contributed by atoms with van der Waals surface area (Å²) in [4.78, 5) is 21.6. The van der Waals surface area contributed by atoms with Gasteiger partial charge in [-0.3, -0.25) is 4.79 Å². The zero-order chi connectivity index (χ0) is 23.6. The Bertz CT molecular complexity index is 1250. The highest BCUT2D eigenvalue weighted by Gasteiger charge is 2.25. The normalized spacial score (nSPS) is 14.5. The van der Waals surface area contributed by atoms with Crippen LogP contribution in [0.3, 0.4) is 0 Å². The molecule has 1 saturated heterocycles. The quantitative estimate of drug-likeness (QED) is 0.504. The highest BCUT2D eigenvalue weighted by atomic mass is 32.2. The van der Waals surface area contributed by atoms with E-state index in [2.05, 4.69) is 11.8 Å². The first-order chi connectivity index (χ1) is 15.8. The van der Waals surface area contributed by atoms with Gasteiger partial charge in [-0.25, -0.2) is 13.4 Å². The fraction of sp³-hybridized carbons (Fsp3) is 0.391. The Hall–Kier alpha value is -2.85. The summed E-state index contributed by atoms with van der Waals surface area (Å²) in [5, 5.41) is 0.909. The van der Waals surface area contributed by atoms with Gasteiger partial charge in [-0.1, -0.05) is 17.4 Å². The Balaban J connectivity index is 1.35. The number of methoxy groups -OCH3 is 2. The van der Waals surface area contributed by atoms with Crippen LogP contribution in [0.25, 0.3) is 10.2 Å². The van der Waals surface area contributed by atoms with Gasteiger partial charge in [0, 0.05) is 32.6 Å². The number of thiazole rings is 1. The van der Waals surface area contributed by atoms with E-state index in [1.165, 1.54) is 19.2 Å². The van der Waals surface area contributed by atoms with Gasteiger partial charge in [-0.05, 0) is 42.8 Å². The van der Waals surface area contributed by atoms with Crippen LogP contribution in [0.2, 0.25) is 0 Å². The Morgan fingerprint density at radius 3 is 2.36 bits per heavy atom. The second-order valence-electron chi connectivity index (χ2n) is 7.87. The second-order valence-corrected chi connectivity index (χ2v) is 11.0. The molecule has 1 aromatic heterocycles. The van der Waals surface area contributed by atoms with Crippen molar-refractivity contribution >= 4 is 42.4 Å². The zero-order valence-electron chi connectivity index (χ0n) is 18.9. The minimum absolute atomic E-state index is 0.0358. The lowest BCUT2D eigenvalue weighted by molar-refractivity contribution is -0.131. The minimum Gasteiger partial charge on any atom is -0.497 e. The standard InChI is InChI=1S/C23H27N3O5S2/c1-16-4-9-19(31-3)21-22(16)32-23(24-21)26-13-11-25(12-14-26)20(27)10-15-33(28,29)18-7-5-17(30-2)6-8-18/h4-9H,10-15H2,1-3H3. The first-order valence-electron chi connectivity index (χ1n) is 10.7. The third kappa shape index (κ3) is 4.91. The Kier molecular flexibility index (Phi) is 6.76. The number of nitrogens with zero attached hydrogens (tertiary/aromatic N) is 3. The molecule has 1 amide bonds. The first-order valence-corrected chi connectivity index (χ1v) is 13.1. The first kappa shape index (κ1) is 23.3. The monoisotopic (exact) mass is 489 g/mol. The van der Waals surface area contributed by atoms with Crippen LogP contribution in [0.4, 0.5) is 5.13 Å². The molecule has 0 N–H and O–H groups in total. The van der Waals surface area contributed by atoms with Crippen LogP contribution >= 0.6 is 11.3 Å². The number of carbonyl (C=O) groups is 1. The number of amides is 1. The molecule has 0 unspecified atom stereocenters. The van der Waals surface area contributed by atoms with Crippen molar-refractivity contribution in [2.45, 2.75) is 18.2 Å². The highest BCUT2D eigenvalue weighted by Crippen LogP contribution is 2.36. The van der Waals surface area contributed by atoms with E-state index in [4.69, 9.17) is 14.5 Å². The average Bonchev–Trinajstić information content (AvgIpc) is 3.29. The molecule has 0 saturated carbocycles. The molecule has 0 aliphatic carbocycles. The van der Waals surface area contributed by atoms with Crippen LogP contribution in [-0.4, -0.2) is 70.4 Å². The van der Waals surface area contributed by atoms with Crippen LogP contribution in [0.5, 0.6) is 11.5 Å². The van der Waals surface area contributed by atoms with E-state index in [0.29, 0.717) is 31.9 Å². The highest BCUT2D eigenvalue weighted by molar-refractivity contribution is 7.91. The Morgan fingerprint density at radius 1 is 1.03 bits per heavy atom. The summed E-state index contributed by atoms with van der Waals surface area (Å²) in [6, 6.07) is 10.2. The summed E-state index contributed by atoms with van der Waals surface area (Å²) in [5.74, 6) is 0.984. The van der Waals surface area contributed by atoms with Gasteiger partial charge in [0.25, 0.3) is 0 Å². The van der Waals surface area contributed by atoms with Crippen molar-refractivity contribution in [2.24, 2.45) is 0 Å². The molecule has 176 valence electrons. The Labute approximate surface area is 197 Å². The van der Waals surface area contributed by atoms with Crippen molar-refractivity contribution < 1.29 is 22.7 Å². The van der Waals surface area contributed by atoms with Crippen LogP contribution in [0.15, 0.2) is 41.3 Å². The van der Waals surface area contributed by atoms with Gasteiger partial charge in [-0.2, -0.15) is 0 Å². The van der Waals surface area contributed by atoms with Gasteiger partial charge in [0.05, 0.1) is 29.6 Å². The maximum atomic E-state index is 12.7. The van der Waals surface area contributed by atoms with Gasteiger partial charge >= 0.3 is 0 Å². The maximum Gasteiger partial charge on any atom is 0.223 e. The predicted molar refractivity (Wildman–Crippen MR) is 129 cm³/mol. The number of hydrogen-bond acceptors (Lipinski definition) is 8. The fourth-order valence-electron chi connectivity index (χ4n) is 3.83. The van der Waals surface area contributed by atoms with Gasteiger partial charge in [0.1, 0.15) is 17.0 Å². The number of hydrogen-bond donors (Lipinski definition) is 0. The lowest BCUT2D eigenvalue weighted by Crippen LogP contribution is -2.49. The number of carbonyl (C=O) groups excluding carboxylic acids is 1. The number of benzene rings is 2. The predicted octanol–water partition coefficient (Wildman–Crippen LogP) is 3.13. The van der Waals surface area contributed by atoms with Crippen molar-refractivity contribution in [2.75, 3.05) is 51.1 Å². The van der Waals surface area contributed by atoms with Crippen molar-refractivity contribution in [1.29, 1.82) is 0 Å². The third-order valence-electron chi connectivity index (χ3n) is 5.82. The molecule has 1 aliphatic rings. The van der Waals surface area contributed by atoms with Gasteiger partial charge in [0.2, 0.25) is 5.91 Å². The molecule has 0 atom stereocenters. The van der Waals surface area contributed by atoms with Gasteiger partial charge < -0.3 is 19.3 Å². The van der Waals surface area contributed by atoms with Crippen molar-refractivity contribution in [1.82, 2.24) is 9.88 Å². The van der Waals surface area contributed by atoms with E-state index in [1.54, 1.807) is 35.5 Å². The molecular weight excluding hydrogens is 462 g/mol. The molecule has 2 heterocycles.